The van der Waals surface area contributed by atoms with E-state index < -0.39 is 0 Å². The zero-order valence-corrected chi connectivity index (χ0v) is 18.1. The molecule has 0 unspecified atom stereocenters. The minimum absolute atomic E-state index is 0.0489. The number of carbonyl (C=O) groups excluding carboxylic acids is 1. The maximum Gasteiger partial charge on any atom is 0.239 e. The van der Waals surface area contributed by atoms with E-state index in [0.29, 0.717) is 12.4 Å². The summed E-state index contributed by atoms with van der Waals surface area (Å²) in [6.45, 7) is 5.37. The van der Waals surface area contributed by atoms with Crippen LogP contribution >= 0.6 is 0 Å². The Bertz CT molecular complexity index is 1240. The summed E-state index contributed by atoms with van der Waals surface area (Å²) in [5.74, 6) is 1.53. The fourth-order valence-corrected chi connectivity index (χ4v) is 4.06. The summed E-state index contributed by atoms with van der Waals surface area (Å²) < 4.78 is 3.52. The Hall–Kier alpha value is -3.79. The highest BCUT2D eigenvalue weighted by Gasteiger charge is 2.23. The van der Waals surface area contributed by atoms with Gasteiger partial charge in [-0.2, -0.15) is 10.2 Å². The van der Waals surface area contributed by atoms with Crippen molar-refractivity contribution >= 4 is 28.6 Å². The van der Waals surface area contributed by atoms with Crippen LogP contribution < -0.4 is 10.2 Å². The van der Waals surface area contributed by atoms with Crippen molar-refractivity contribution in [2.24, 2.45) is 7.05 Å². The smallest absolute Gasteiger partial charge is 0.239 e. The number of hydrogen-bond donors (Lipinski definition) is 1. The molecule has 5 rings (SSSR count). The van der Waals surface area contributed by atoms with Gasteiger partial charge in [0, 0.05) is 39.3 Å². The average Bonchev–Trinajstić information content (AvgIpc) is 3.37. The number of carbonyl (C=O) groups is 1. The SMILES string of the molecule is Cc1cc(NC(=O)CN2CCN(c3ncnc4c3cnn4C)CC2)n(-c2ccccc2)n1. The van der Waals surface area contributed by atoms with Crippen LogP contribution in [0.4, 0.5) is 11.6 Å². The second kappa shape index (κ2) is 8.39. The molecule has 1 saturated heterocycles. The number of para-hydroxylation sites is 1. The molecule has 0 saturated carbocycles. The number of benzene rings is 1. The first-order valence-electron chi connectivity index (χ1n) is 10.6. The van der Waals surface area contributed by atoms with Gasteiger partial charge in [0.2, 0.25) is 5.91 Å². The molecule has 0 aliphatic carbocycles. The molecule has 1 aliphatic rings. The molecule has 32 heavy (non-hydrogen) atoms. The van der Waals surface area contributed by atoms with Crippen LogP contribution in [0.5, 0.6) is 0 Å². The molecular formula is C22H25N9O. The lowest BCUT2D eigenvalue weighted by Gasteiger charge is -2.35. The number of nitrogens with one attached hydrogen (secondary N) is 1. The van der Waals surface area contributed by atoms with E-state index >= 15 is 0 Å². The first kappa shape index (κ1) is 20.1. The third-order valence-corrected chi connectivity index (χ3v) is 5.65. The van der Waals surface area contributed by atoms with Crippen molar-refractivity contribution in [2.75, 3.05) is 42.9 Å². The van der Waals surface area contributed by atoms with Crippen molar-refractivity contribution in [3.8, 4) is 5.69 Å². The summed E-state index contributed by atoms with van der Waals surface area (Å²) in [5.41, 5.74) is 2.59. The Kier molecular flexibility index (Phi) is 5.28. The molecule has 0 spiro atoms. The van der Waals surface area contributed by atoms with Gasteiger partial charge in [0.05, 0.1) is 29.5 Å². The average molecular weight is 432 g/mol. The zero-order valence-electron chi connectivity index (χ0n) is 18.1. The van der Waals surface area contributed by atoms with E-state index in [1.807, 2.05) is 56.6 Å². The Balaban J connectivity index is 1.21. The van der Waals surface area contributed by atoms with E-state index in [1.165, 1.54) is 0 Å². The number of fused-ring (bicyclic) bond motifs is 1. The minimum atomic E-state index is -0.0489. The van der Waals surface area contributed by atoms with Gasteiger partial charge in [-0.3, -0.25) is 14.4 Å². The van der Waals surface area contributed by atoms with Gasteiger partial charge in [-0.25, -0.2) is 14.6 Å². The lowest BCUT2D eigenvalue weighted by atomic mass is 10.2. The largest absolute Gasteiger partial charge is 0.353 e. The highest BCUT2D eigenvalue weighted by atomic mass is 16.2. The van der Waals surface area contributed by atoms with E-state index in [1.54, 1.807) is 15.7 Å². The molecular weight excluding hydrogens is 406 g/mol. The number of anilines is 2. The molecule has 0 radical (unpaired) electrons. The highest BCUT2D eigenvalue weighted by Crippen LogP contribution is 2.23. The van der Waals surface area contributed by atoms with Crippen LogP contribution in [-0.4, -0.2) is 73.1 Å². The van der Waals surface area contributed by atoms with Gasteiger partial charge in [0.25, 0.3) is 0 Å². The lowest BCUT2D eigenvalue weighted by Crippen LogP contribution is -2.49. The topological polar surface area (TPSA) is 97.0 Å². The Morgan fingerprint density at radius 3 is 2.66 bits per heavy atom. The van der Waals surface area contributed by atoms with Gasteiger partial charge >= 0.3 is 0 Å². The molecule has 10 heteroatoms. The van der Waals surface area contributed by atoms with Crippen molar-refractivity contribution in [1.82, 2.24) is 34.4 Å². The fourth-order valence-electron chi connectivity index (χ4n) is 4.06. The van der Waals surface area contributed by atoms with Crippen molar-refractivity contribution in [2.45, 2.75) is 6.92 Å². The third-order valence-electron chi connectivity index (χ3n) is 5.65. The molecule has 10 nitrogen and oxygen atoms in total. The summed E-state index contributed by atoms with van der Waals surface area (Å²) in [6.07, 6.45) is 3.39. The zero-order chi connectivity index (χ0) is 22.1. The second-order valence-electron chi connectivity index (χ2n) is 7.93. The van der Waals surface area contributed by atoms with Crippen LogP contribution in [0.1, 0.15) is 5.69 Å². The Labute approximate surface area is 185 Å². The van der Waals surface area contributed by atoms with Gasteiger partial charge in [0.1, 0.15) is 18.0 Å². The summed E-state index contributed by atoms with van der Waals surface area (Å²) in [7, 11) is 1.88. The molecule has 164 valence electrons. The summed E-state index contributed by atoms with van der Waals surface area (Å²) in [4.78, 5) is 25.9. The van der Waals surface area contributed by atoms with Crippen LogP contribution in [0.25, 0.3) is 16.7 Å². The minimum Gasteiger partial charge on any atom is -0.353 e. The quantitative estimate of drug-likeness (QED) is 0.513. The van der Waals surface area contributed by atoms with Crippen LogP contribution in [-0.2, 0) is 11.8 Å². The van der Waals surface area contributed by atoms with Crippen LogP contribution in [0.15, 0.2) is 48.9 Å². The molecule has 4 aromatic rings. The second-order valence-corrected chi connectivity index (χ2v) is 7.93. The van der Waals surface area contributed by atoms with E-state index in [-0.39, 0.29) is 5.91 Å². The van der Waals surface area contributed by atoms with Gasteiger partial charge in [0.15, 0.2) is 5.65 Å². The number of aryl methyl sites for hydroxylation is 2. The molecule has 1 N–H and O–H groups in total. The first-order chi connectivity index (χ1) is 15.6. The Morgan fingerprint density at radius 2 is 1.88 bits per heavy atom. The van der Waals surface area contributed by atoms with Gasteiger partial charge in [-0.05, 0) is 19.1 Å². The van der Waals surface area contributed by atoms with Crippen molar-refractivity contribution in [3.05, 3.63) is 54.6 Å². The summed E-state index contributed by atoms with van der Waals surface area (Å²) >= 11 is 0. The summed E-state index contributed by atoms with van der Waals surface area (Å²) in [6, 6.07) is 11.7. The van der Waals surface area contributed by atoms with E-state index in [2.05, 4.69) is 35.3 Å². The molecule has 1 amide bonds. The molecule has 0 atom stereocenters. The number of rotatable bonds is 5. The van der Waals surface area contributed by atoms with E-state index in [4.69, 9.17) is 0 Å². The van der Waals surface area contributed by atoms with Crippen LogP contribution in [0.2, 0.25) is 0 Å². The predicted molar refractivity (Wildman–Crippen MR) is 122 cm³/mol. The number of amides is 1. The van der Waals surface area contributed by atoms with Crippen LogP contribution in [0, 0.1) is 6.92 Å². The fraction of sp³-hybridized carbons (Fsp3) is 0.318. The standard InChI is InChI=1S/C22H25N9O/c1-16-12-19(31(27-16)17-6-4-3-5-7-17)26-20(32)14-29-8-10-30(11-9-29)22-18-13-25-28(2)21(18)23-15-24-22/h3-7,12-13,15H,8-11,14H2,1-2H3,(H,26,32). The van der Waals surface area contributed by atoms with Crippen molar-refractivity contribution in [3.63, 3.8) is 0 Å². The predicted octanol–water partition coefficient (Wildman–Crippen LogP) is 1.62. The molecule has 0 bridgehead atoms. The van der Waals surface area contributed by atoms with Gasteiger partial charge in [-0.15, -0.1) is 0 Å². The van der Waals surface area contributed by atoms with Gasteiger partial charge in [-0.1, -0.05) is 18.2 Å². The first-order valence-corrected chi connectivity index (χ1v) is 10.6. The monoisotopic (exact) mass is 431 g/mol. The number of hydrogen-bond acceptors (Lipinski definition) is 7. The Morgan fingerprint density at radius 1 is 1.09 bits per heavy atom. The maximum absolute atomic E-state index is 12.8. The maximum atomic E-state index is 12.8. The number of piperazine rings is 1. The molecule has 1 fully saturated rings. The van der Waals surface area contributed by atoms with E-state index in [9.17, 15) is 4.79 Å². The van der Waals surface area contributed by atoms with Crippen LogP contribution in [0.3, 0.4) is 0 Å². The summed E-state index contributed by atoms with van der Waals surface area (Å²) in [5, 5.41) is 12.8. The normalized spacial score (nSPS) is 14.8. The highest BCUT2D eigenvalue weighted by molar-refractivity contribution is 5.92. The molecule has 3 aromatic heterocycles. The number of aromatic nitrogens is 6. The van der Waals surface area contributed by atoms with Crippen molar-refractivity contribution in [1.29, 1.82) is 0 Å². The van der Waals surface area contributed by atoms with Gasteiger partial charge < -0.3 is 10.2 Å². The molecule has 1 aromatic carbocycles. The lowest BCUT2D eigenvalue weighted by molar-refractivity contribution is -0.117. The molecule has 1 aliphatic heterocycles. The van der Waals surface area contributed by atoms with Crippen molar-refractivity contribution < 1.29 is 4.79 Å². The third kappa shape index (κ3) is 3.92. The molecule has 4 heterocycles. The number of nitrogens with zero attached hydrogens (tertiary/aromatic N) is 8. The van der Waals surface area contributed by atoms with E-state index in [0.717, 1.165) is 54.4 Å².